The molecule has 0 aliphatic heterocycles. The Kier molecular flexibility index (Phi) is 4.30. The van der Waals surface area contributed by atoms with Crippen molar-refractivity contribution >= 4 is 11.8 Å². The zero-order valence-electron chi connectivity index (χ0n) is 9.53. The first-order chi connectivity index (χ1) is 7.00. The maximum atomic E-state index is 11.0. The summed E-state index contributed by atoms with van der Waals surface area (Å²) in [5.41, 5.74) is 0. The van der Waals surface area contributed by atoms with E-state index in [-0.39, 0.29) is 6.42 Å². The van der Waals surface area contributed by atoms with Crippen molar-refractivity contribution in [2.75, 3.05) is 0 Å². The minimum absolute atomic E-state index is 0.236. The van der Waals surface area contributed by atoms with Crippen molar-refractivity contribution in [1.29, 1.82) is 0 Å². The summed E-state index contributed by atoms with van der Waals surface area (Å²) >= 11 is 0. The zero-order valence-corrected chi connectivity index (χ0v) is 9.53. The number of aliphatic carboxylic acids is 1. The van der Waals surface area contributed by atoms with Gasteiger partial charge in [0.15, 0.2) is 0 Å². The molecule has 0 aromatic heterocycles. The summed E-state index contributed by atoms with van der Waals surface area (Å²) in [6, 6.07) is 0. The lowest BCUT2D eigenvalue weighted by molar-refractivity contribution is -0.149. The Hall–Kier alpha value is -0.860. The van der Waals surface area contributed by atoms with Crippen LogP contribution in [0, 0.1) is 17.8 Å². The molecule has 3 nitrogen and oxygen atoms in total. The van der Waals surface area contributed by atoms with Crippen LogP contribution in [0.4, 0.5) is 0 Å². The molecule has 0 saturated heterocycles. The van der Waals surface area contributed by atoms with Crippen molar-refractivity contribution in [2.45, 2.75) is 46.0 Å². The second kappa shape index (κ2) is 5.29. The number of carboxylic acids is 1. The van der Waals surface area contributed by atoms with Gasteiger partial charge in [0.25, 0.3) is 0 Å². The number of Topliss-reactive ketones (excluding diaryl/α,β-unsaturated/α-hetero) is 1. The summed E-state index contributed by atoms with van der Waals surface area (Å²) in [6.07, 6.45) is 4.56. The molecule has 0 aromatic carbocycles. The number of hydrogen-bond acceptors (Lipinski definition) is 2. The number of carboxylic acid groups (broad SMARTS) is 1. The third-order valence-corrected chi connectivity index (χ3v) is 3.55. The fourth-order valence-corrected chi connectivity index (χ4v) is 2.41. The molecule has 0 atom stereocenters. The molecular weight excluding hydrogens is 192 g/mol. The quantitative estimate of drug-likeness (QED) is 0.728. The largest absolute Gasteiger partial charge is 0.476 e. The van der Waals surface area contributed by atoms with Crippen LogP contribution in [0.25, 0.3) is 0 Å². The minimum Gasteiger partial charge on any atom is -0.476 e. The van der Waals surface area contributed by atoms with Crippen molar-refractivity contribution in [3.8, 4) is 0 Å². The summed E-state index contributed by atoms with van der Waals surface area (Å²) in [6.45, 7) is 4.46. The Morgan fingerprint density at radius 2 is 1.73 bits per heavy atom. The average molecular weight is 212 g/mol. The molecule has 0 amide bonds. The lowest BCUT2D eigenvalue weighted by atomic mass is 9.75. The number of carbonyl (C=O) groups excluding carboxylic acids is 1. The smallest absolute Gasteiger partial charge is 0.372 e. The highest BCUT2D eigenvalue weighted by molar-refractivity contribution is 6.32. The van der Waals surface area contributed by atoms with Gasteiger partial charge in [-0.3, -0.25) is 4.79 Å². The summed E-state index contributed by atoms with van der Waals surface area (Å²) in [7, 11) is 0. The van der Waals surface area contributed by atoms with Crippen molar-refractivity contribution < 1.29 is 14.7 Å². The predicted octanol–water partition coefficient (Wildman–Crippen LogP) is 2.49. The van der Waals surface area contributed by atoms with E-state index in [2.05, 4.69) is 13.8 Å². The van der Waals surface area contributed by atoms with E-state index in [1.807, 2.05) is 0 Å². The molecular formula is C12H20O3. The van der Waals surface area contributed by atoms with Crippen LogP contribution in [0.3, 0.4) is 0 Å². The van der Waals surface area contributed by atoms with Crippen LogP contribution in [-0.2, 0) is 9.59 Å². The highest BCUT2D eigenvalue weighted by Crippen LogP contribution is 2.34. The van der Waals surface area contributed by atoms with Crippen LogP contribution in [0.15, 0.2) is 0 Å². The van der Waals surface area contributed by atoms with Gasteiger partial charge in [0.05, 0.1) is 0 Å². The molecule has 1 aliphatic rings. The lowest BCUT2D eigenvalue weighted by Gasteiger charge is -2.30. The maximum Gasteiger partial charge on any atom is 0.372 e. The molecule has 1 N–H and O–H groups in total. The highest BCUT2D eigenvalue weighted by atomic mass is 16.4. The van der Waals surface area contributed by atoms with Crippen LogP contribution in [0.1, 0.15) is 46.0 Å². The molecule has 0 unspecified atom stereocenters. The van der Waals surface area contributed by atoms with Gasteiger partial charge in [0, 0.05) is 6.42 Å². The topological polar surface area (TPSA) is 54.4 Å². The molecule has 0 bridgehead atoms. The summed E-state index contributed by atoms with van der Waals surface area (Å²) in [5, 5.41) is 8.50. The fourth-order valence-electron chi connectivity index (χ4n) is 2.41. The first kappa shape index (κ1) is 12.2. The Bertz CT molecular complexity index is 237. The van der Waals surface area contributed by atoms with E-state index < -0.39 is 11.8 Å². The molecule has 0 aromatic rings. The van der Waals surface area contributed by atoms with Crippen LogP contribution >= 0.6 is 0 Å². The van der Waals surface area contributed by atoms with Gasteiger partial charge >= 0.3 is 5.97 Å². The van der Waals surface area contributed by atoms with E-state index in [0.29, 0.717) is 11.8 Å². The van der Waals surface area contributed by atoms with Gasteiger partial charge in [-0.15, -0.1) is 0 Å². The Morgan fingerprint density at radius 1 is 1.20 bits per heavy atom. The minimum atomic E-state index is -1.28. The van der Waals surface area contributed by atoms with Gasteiger partial charge in [-0.2, -0.15) is 0 Å². The van der Waals surface area contributed by atoms with Crippen molar-refractivity contribution in [2.24, 2.45) is 17.8 Å². The van der Waals surface area contributed by atoms with Crippen LogP contribution < -0.4 is 0 Å². The van der Waals surface area contributed by atoms with Gasteiger partial charge in [-0.1, -0.05) is 13.8 Å². The number of rotatable bonds is 4. The third-order valence-electron chi connectivity index (χ3n) is 3.55. The second-order valence-corrected chi connectivity index (χ2v) is 4.96. The van der Waals surface area contributed by atoms with Crippen molar-refractivity contribution in [1.82, 2.24) is 0 Å². The predicted molar refractivity (Wildman–Crippen MR) is 57.5 cm³/mol. The molecule has 86 valence electrons. The van der Waals surface area contributed by atoms with Crippen LogP contribution in [-0.4, -0.2) is 16.9 Å². The zero-order chi connectivity index (χ0) is 11.4. The van der Waals surface area contributed by atoms with Gasteiger partial charge in [-0.05, 0) is 43.4 Å². The highest BCUT2D eigenvalue weighted by Gasteiger charge is 2.26. The standard InChI is InChI=1S/C12H20O3/c1-8(2)10-5-3-9(4-6-10)7-11(13)12(14)15/h8-10H,3-7H2,1-2H3,(H,14,15). The average Bonchev–Trinajstić information content (AvgIpc) is 2.18. The molecule has 1 rings (SSSR count). The number of ketones is 1. The van der Waals surface area contributed by atoms with E-state index in [1.165, 1.54) is 0 Å². The molecule has 1 saturated carbocycles. The molecule has 0 heterocycles. The Labute approximate surface area is 90.9 Å². The molecule has 0 spiro atoms. The monoisotopic (exact) mass is 212 g/mol. The van der Waals surface area contributed by atoms with E-state index in [0.717, 1.165) is 31.6 Å². The second-order valence-electron chi connectivity index (χ2n) is 4.96. The van der Waals surface area contributed by atoms with E-state index in [9.17, 15) is 9.59 Å². The van der Waals surface area contributed by atoms with E-state index in [4.69, 9.17) is 5.11 Å². The number of hydrogen-bond donors (Lipinski definition) is 1. The molecule has 1 fully saturated rings. The fraction of sp³-hybridized carbons (Fsp3) is 0.833. The van der Waals surface area contributed by atoms with Crippen molar-refractivity contribution in [3.05, 3.63) is 0 Å². The first-order valence-corrected chi connectivity index (χ1v) is 5.76. The number of carbonyl (C=O) groups is 2. The van der Waals surface area contributed by atoms with Crippen molar-refractivity contribution in [3.63, 3.8) is 0 Å². The SMILES string of the molecule is CC(C)C1CCC(CC(=O)C(=O)O)CC1. The van der Waals surface area contributed by atoms with Gasteiger partial charge < -0.3 is 5.11 Å². The first-order valence-electron chi connectivity index (χ1n) is 5.76. The third kappa shape index (κ3) is 3.65. The van der Waals surface area contributed by atoms with E-state index >= 15 is 0 Å². The summed E-state index contributed by atoms with van der Waals surface area (Å²) < 4.78 is 0. The van der Waals surface area contributed by atoms with E-state index in [1.54, 1.807) is 0 Å². The molecule has 1 aliphatic carbocycles. The van der Waals surface area contributed by atoms with Gasteiger partial charge in [0.1, 0.15) is 0 Å². The van der Waals surface area contributed by atoms with Gasteiger partial charge in [-0.25, -0.2) is 4.79 Å². The van der Waals surface area contributed by atoms with Crippen LogP contribution in [0.2, 0.25) is 0 Å². The molecule has 15 heavy (non-hydrogen) atoms. The summed E-state index contributed by atoms with van der Waals surface area (Å²) in [5.74, 6) is -0.116. The van der Waals surface area contributed by atoms with Crippen LogP contribution in [0.5, 0.6) is 0 Å². The lowest BCUT2D eigenvalue weighted by Crippen LogP contribution is -2.23. The maximum absolute atomic E-state index is 11.0. The normalized spacial score (nSPS) is 26.6. The Morgan fingerprint density at radius 3 is 2.13 bits per heavy atom. The Balaban J connectivity index is 2.32. The molecule has 3 heteroatoms. The summed E-state index contributed by atoms with van der Waals surface area (Å²) in [4.78, 5) is 21.4. The van der Waals surface area contributed by atoms with Gasteiger partial charge in [0.2, 0.25) is 5.78 Å². The molecule has 0 radical (unpaired) electrons.